The molecule has 0 spiro atoms. The molecule has 0 radical (unpaired) electrons. The van der Waals surface area contributed by atoms with Gasteiger partial charge in [-0.3, -0.25) is 0 Å². The minimum Gasteiger partial charge on any atom is -0.303 e. The summed E-state index contributed by atoms with van der Waals surface area (Å²) in [6.45, 7) is 1.97. The normalized spacial score (nSPS) is 10.2. The van der Waals surface area contributed by atoms with Gasteiger partial charge in [0, 0.05) is 10.7 Å². The third kappa shape index (κ3) is 1.90. The van der Waals surface area contributed by atoms with Gasteiger partial charge in [0.1, 0.15) is 5.65 Å². The maximum Gasteiger partial charge on any atom is 0.138 e. The van der Waals surface area contributed by atoms with Crippen LogP contribution in [0, 0.1) is 6.92 Å². The van der Waals surface area contributed by atoms with Crippen LogP contribution < -0.4 is 0 Å². The lowest BCUT2D eigenvalue weighted by atomic mass is 10.4. The van der Waals surface area contributed by atoms with Crippen molar-refractivity contribution >= 4 is 45.6 Å². The number of pyridine rings is 1. The molecule has 0 unspecified atom stereocenters. The Hall–Kier alpha value is -0.250. The fraction of sp³-hybridized carbons (Fsp3) is 0.222. The number of hydrogen-bond donors (Lipinski definition) is 0. The number of nitrogens with zero attached hydrogens (tertiary/aromatic N) is 2. The van der Waals surface area contributed by atoms with Crippen molar-refractivity contribution in [2.24, 2.45) is 0 Å². The van der Waals surface area contributed by atoms with Crippen LogP contribution in [0.2, 0.25) is 0 Å². The zero-order chi connectivity index (χ0) is 9.42. The van der Waals surface area contributed by atoms with Crippen molar-refractivity contribution in [3.05, 3.63) is 34.2 Å². The minimum absolute atomic E-state index is 0. The molecule has 5 heteroatoms. The van der Waals surface area contributed by atoms with Gasteiger partial charge < -0.3 is 4.40 Å². The van der Waals surface area contributed by atoms with E-state index in [2.05, 4.69) is 20.9 Å². The summed E-state index contributed by atoms with van der Waals surface area (Å²) in [5, 5.41) is 0. The predicted molar refractivity (Wildman–Crippen MR) is 64.4 cm³/mol. The number of hydrogen-bond acceptors (Lipinski definition) is 1. The molecule has 0 amide bonds. The highest BCUT2D eigenvalue weighted by molar-refractivity contribution is 9.10. The first-order valence-corrected chi connectivity index (χ1v) is 5.24. The first kappa shape index (κ1) is 11.8. The van der Waals surface area contributed by atoms with Crippen molar-refractivity contribution in [2.75, 3.05) is 0 Å². The molecule has 76 valence electrons. The molecule has 0 aliphatic rings. The summed E-state index contributed by atoms with van der Waals surface area (Å²) in [7, 11) is 0. The van der Waals surface area contributed by atoms with Crippen LogP contribution in [-0.2, 0) is 5.88 Å². The number of rotatable bonds is 1. The Morgan fingerprint density at radius 1 is 1.57 bits per heavy atom. The van der Waals surface area contributed by atoms with E-state index in [-0.39, 0.29) is 12.4 Å². The highest BCUT2D eigenvalue weighted by Crippen LogP contribution is 2.17. The van der Waals surface area contributed by atoms with Gasteiger partial charge in [-0.1, -0.05) is 15.9 Å². The van der Waals surface area contributed by atoms with Gasteiger partial charge in [0.05, 0.1) is 17.3 Å². The van der Waals surface area contributed by atoms with Crippen LogP contribution in [0.1, 0.15) is 11.4 Å². The van der Waals surface area contributed by atoms with Gasteiger partial charge in [-0.05, 0) is 19.1 Å². The molecule has 0 aromatic carbocycles. The topological polar surface area (TPSA) is 17.3 Å². The predicted octanol–water partition coefficient (Wildman–Crippen LogP) is 3.57. The number of fused-ring (bicyclic) bond motifs is 1. The number of aromatic nitrogens is 2. The second kappa shape index (κ2) is 4.51. The summed E-state index contributed by atoms with van der Waals surface area (Å²) in [6, 6.07) is 3.95. The molecule has 0 bridgehead atoms. The van der Waals surface area contributed by atoms with E-state index in [1.54, 1.807) is 0 Å². The van der Waals surface area contributed by atoms with E-state index in [0.717, 1.165) is 21.5 Å². The fourth-order valence-electron chi connectivity index (χ4n) is 1.35. The van der Waals surface area contributed by atoms with E-state index in [0.29, 0.717) is 5.88 Å². The van der Waals surface area contributed by atoms with Gasteiger partial charge in [-0.2, -0.15) is 0 Å². The van der Waals surface area contributed by atoms with Gasteiger partial charge >= 0.3 is 0 Å². The number of alkyl halides is 1. The molecule has 2 rings (SSSR count). The lowest BCUT2D eigenvalue weighted by Crippen LogP contribution is -1.89. The second-order valence-electron chi connectivity index (χ2n) is 2.85. The van der Waals surface area contributed by atoms with Gasteiger partial charge in [0.25, 0.3) is 0 Å². The van der Waals surface area contributed by atoms with Crippen LogP contribution in [0.5, 0.6) is 0 Å². The molecule has 0 fully saturated rings. The van der Waals surface area contributed by atoms with Gasteiger partial charge in [-0.25, -0.2) is 4.98 Å². The number of halogens is 3. The molecule has 2 aromatic rings. The molecule has 0 saturated heterocycles. The summed E-state index contributed by atoms with van der Waals surface area (Å²) < 4.78 is 3.04. The van der Waals surface area contributed by atoms with Crippen molar-refractivity contribution in [3.63, 3.8) is 0 Å². The van der Waals surface area contributed by atoms with E-state index in [1.165, 1.54) is 0 Å². The van der Waals surface area contributed by atoms with Crippen molar-refractivity contribution in [1.29, 1.82) is 0 Å². The van der Waals surface area contributed by atoms with E-state index < -0.39 is 0 Å². The van der Waals surface area contributed by atoms with Crippen LogP contribution in [0.15, 0.2) is 22.8 Å². The zero-order valence-corrected chi connectivity index (χ0v) is 10.7. The molecule has 0 aliphatic carbocycles. The highest BCUT2D eigenvalue weighted by atomic mass is 79.9. The van der Waals surface area contributed by atoms with E-state index in [4.69, 9.17) is 11.6 Å². The second-order valence-corrected chi connectivity index (χ2v) is 4.03. The monoisotopic (exact) mass is 294 g/mol. The SMILES string of the molecule is Cc1nc2cc(Br)ccn2c1CCl.Cl. The molecule has 0 aliphatic heterocycles. The Balaban J connectivity index is 0.000000980. The molecule has 0 saturated carbocycles. The summed E-state index contributed by atoms with van der Waals surface area (Å²) in [6.07, 6.45) is 1.97. The van der Waals surface area contributed by atoms with Crippen molar-refractivity contribution in [2.45, 2.75) is 12.8 Å². The standard InChI is InChI=1S/C9H8BrClN2.ClH/c1-6-8(5-11)13-3-2-7(10)4-9(13)12-6;/h2-4H,5H2,1H3;1H. The Bertz CT molecular complexity index is 453. The lowest BCUT2D eigenvalue weighted by molar-refractivity contribution is 1.07. The van der Waals surface area contributed by atoms with Crippen LogP contribution in [0.3, 0.4) is 0 Å². The van der Waals surface area contributed by atoms with E-state index in [9.17, 15) is 0 Å². The van der Waals surface area contributed by atoms with Crippen molar-refractivity contribution in [1.82, 2.24) is 9.38 Å². The van der Waals surface area contributed by atoms with Crippen molar-refractivity contribution in [3.8, 4) is 0 Å². The van der Waals surface area contributed by atoms with E-state index >= 15 is 0 Å². The Morgan fingerprint density at radius 3 is 2.93 bits per heavy atom. The van der Waals surface area contributed by atoms with Crippen LogP contribution in [-0.4, -0.2) is 9.38 Å². The zero-order valence-electron chi connectivity index (χ0n) is 7.50. The molecule has 14 heavy (non-hydrogen) atoms. The Kier molecular flexibility index (Phi) is 3.81. The molecule has 0 N–H and O–H groups in total. The summed E-state index contributed by atoms with van der Waals surface area (Å²) in [5.41, 5.74) is 2.99. The largest absolute Gasteiger partial charge is 0.303 e. The summed E-state index contributed by atoms with van der Waals surface area (Å²) in [4.78, 5) is 4.39. The van der Waals surface area contributed by atoms with Crippen LogP contribution >= 0.6 is 39.9 Å². The molecule has 2 heterocycles. The lowest BCUT2D eigenvalue weighted by Gasteiger charge is -1.97. The number of aryl methyl sites for hydroxylation is 1. The fourth-order valence-corrected chi connectivity index (χ4v) is 1.99. The Labute approximate surface area is 102 Å². The Morgan fingerprint density at radius 2 is 2.29 bits per heavy atom. The molecule has 2 nitrogen and oxygen atoms in total. The van der Waals surface area contributed by atoms with E-state index in [1.807, 2.05) is 29.7 Å². The minimum atomic E-state index is 0. The first-order valence-electron chi connectivity index (χ1n) is 3.91. The maximum absolute atomic E-state index is 5.82. The molecular weight excluding hydrogens is 287 g/mol. The van der Waals surface area contributed by atoms with Crippen LogP contribution in [0.4, 0.5) is 0 Å². The molecular formula is C9H9BrCl2N2. The quantitative estimate of drug-likeness (QED) is 0.735. The number of imidazole rings is 1. The average molecular weight is 296 g/mol. The first-order chi connectivity index (χ1) is 6.22. The maximum atomic E-state index is 5.82. The average Bonchev–Trinajstić information content (AvgIpc) is 2.39. The molecule has 2 aromatic heterocycles. The smallest absolute Gasteiger partial charge is 0.138 e. The third-order valence-corrected chi connectivity index (χ3v) is 2.76. The van der Waals surface area contributed by atoms with Gasteiger partial charge in [0.2, 0.25) is 0 Å². The van der Waals surface area contributed by atoms with Gasteiger partial charge in [0.15, 0.2) is 0 Å². The highest BCUT2D eigenvalue weighted by Gasteiger charge is 2.06. The van der Waals surface area contributed by atoms with Gasteiger partial charge in [-0.15, -0.1) is 24.0 Å². The van der Waals surface area contributed by atoms with Crippen LogP contribution in [0.25, 0.3) is 5.65 Å². The molecule has 0 atom stereocenters. The summed E-state index contributed by atoms with van der Waals surface area (Å²) in [5.74, 6) is 0.495. The summed E-state index contributed by atoms with van der Waals surface area (Å²) >= 11 is 9.22. The van der Waals surface area contributed by atoms with Crippen molar-refractivity contribution < 1.29 is 0 Å². The third-order valence-electron chi connectivity index (χ3n) is 2.01.